The molecule has 0 saturated carbocycles. The van der Waals surface area contributed by atoms with Crippen LogP contribution in [0.15, 0.2) is 24.3 Å². The van der Waals surface area contributed by atoms with Crippen molar-refractivity contribution >= 4 is 5.69 Å². The molecule has 1 atom stereocenters. The quantitative estimate of drug-likeness (QED) is 0.886. The minimum atomic E-state index is -0.332. The summed E-state index contributed by atoms with van der Waals surface area (Å²) in [4.78, 5) is 2.42. The van der Waals surface area contributed by atoms with Gasteiger partial charge in [-0.2, -0.15) is 0 Å². The summed E-state index contributed by atoms with van der Waals surface area (Å²) in [6.07, 6.45) is 2.84. The van der Waals surface area contributed by atoms with Gasteiger partial charge in [-0.3, -0.25) is 0 Å². The van der Waals surface area contributed by atoms with Crippen molar-refractivity contribution < 1.29 is 9.84 Å². The van der Waals surface area contributed by atoms with Crippen LogP contribution in [0.1, 0.15) is 37.9 Å². The van der Waals surface area contributed by atoms with Crippen molar-refractivity contribution in [3.8, 4) is 0 Å². The lowest BCUT2D eigenvalue weighted by Gasteiger charge is -2.33. The monoisotopic (exact) mass is 263 g/mol. The summed E-state index contributed by atoms with van der Waals surface area (Å²) >= 11 is 0. The molecule has 3 heteroatoms. The Morgan fingerprint density at radius 1 is 1.26 bits per heavy atom. The molecule has 1 N–H and O–H groups in total. The number of hydrogen-bond donors (Lipinski definition) is 1. The van der Waals surface area contributed by atoms with E-state index in [-0.39, 0.29) is 6.10 Å². The Balaban J connectivity index is 1.92. The lowest BCUT2D eigenvalue weighted by atomic mass is 9.97. The number of aliphatic hydroxyl groups excluding tert-OH is 1. The van der Waals surface area contributed by atoms with Crippen molar-refractivity contribution in [3.05, 3.63) is 29.8 Å². The number of nitrogens with zero attached hydrogens (tertiary/aromatic N) is 1. The molecule has 19 heavy (non-hydrogen) atoms. The first-order chi connectivity index (χ1) is 9.24. The van der Waals surface area contributed by atoms with E-state index in [2.05, 4.69) is 17.0 Å². The molecular formula is C16H25NO2. The van der Waals surface area contributed by atoms with E-state index in [4.69, 9.17) is 4.74 Å². The fraction of sp³-hybridized carbons (Fsp3) is 0.625. The second kappa shape index (κ2) is 6.92. The van der Waals surface area contributed by atoms with Crippen LogP contribution in [-0.4, -0.2) is 31.9 Å². The van der Waals surface area contributed by atoms with E-state index >= 15 is 0 Å². The molecule has 1 aliphatic rings. The van der Waals surface area contributed by atoms with Gasteiger partial charge in [-0.05, 0) is 42.9 Å². The molecule has 2 rings (SSSR count). The molecule has 0 aliphatic carbocycles. The summed E-state index contributed by atoms with van der Waals surface area (Å²) in [7, 11) is 1.78. The Hall–Kier alpha value is -1.06. The number of methoxy groups -OCH3 is 1. The van der Waals surface area contributed by atoms with Crippen molar-refractivity contribution in [2.24, 2.45) is 5.92 Å². The third kappa shape index (κ3) is 3.71. The largest absolute Gasteiger partial charge is 0.388 e. The zero-order valence-corrected chi connectivity index (χ0v) is 12.0. The summed E-state index contributed by atoms with van der Waals surface area (Å²) < 4.78 is 5.23. The van der Waals surface area contributed by atoms with Crippen LogP contribution in [0, 0.1) is 5.92 Å². The Bertz CT molecular complexity index is 369. The first-order valence-corrected chi connectivity index (χ1v) is 7.26. The number of anilines is 1. The number of piperidine rings is 1. The molecule has 1 aromatic carbocycles. The van der Waals surface area contributed by atoms with Gasteiger partial charge in [0.2, 0.25) is 0 Å². The molecular weight excluding hydrogens is 238 g/mol. The van der Waals surface area contributed by atoms with E-state index in [9.17, 15) is 5.11 Å². The summed E-state index contributed by atoms with van der Waals surface area (Å²) in [6.45, 7) is 5.09. The highest BCUT2D eigenvalue weighted by molar-refractivity contribution is 5.48. The molecule has 1 heterocycles. The Kier molecular flexibility index (Phi) is 5.23. The van der Waals surface area contributed by atoms with Gasteiger partial charge in [0, 0.05) is 32.5 Å². The molecule has 0 spiro atoms. The van der Waals surface area contributed by atoms with Gasteiger partial charge in [0.15, 0.2) is 0 Å². The second-order valence-corrected chi connectivity index (χ2v) is 5.40. The van der Waals surface area contributed by atoms with Gasteiger partial charge in [0.05, 0.1) is 6.10 Å². The van der Waals surface area contributed by atoms with Crippen molar-refractivity contribution in [3.63, 3.8) is 0 Å². The van der Waals surface area contributed by atoms with Crippen LogP contribution in [0.2, 0.25) is 0 Å². The van der Waals surface area contributed by atoms with Gasteiger partial charge >= 0.3 is 0 Å². The maximum absolute atomic E-state index is 9.80. The predicted molar refractivity (Wildman–Crippen MR) is 78.5 cm³/mol. The maximum Gasteiger partial charge on any atom is 0.0787 e. The average Bonchev–Trinajstić information content (AvgIpc) is 2.48. The predicted octanol–water partition coefficient (Wildman–Crippen LogP) is 2.99. The number of benzene rings is 1. The third-order valence-electron chi connectivity index (χ3n) is 4.05. The zero-order chi connectivity index (χ0) is 13.7. The summed E-state index contributed by atoms with van der Waals surface area (Å²) in [5.74, 6) is 0.711. The van der Waals surface area contributed by atoms with Crippen LogP contribution in [0.25, 0.3) is 0 Å². The normalized spacial score (nSPS) is 18.6. The minimum Gasteiger partial charge on any atom is -0.388 e. The van der Waals surface area contributed by atoms with Gasteiger partial charge < -0.3 is 14.7 Å². The maximum atomic E-state index is 9.80. The van der Waals surface area contributed by atoms with Crippen molar-refractivity contribution in [2.45, 2.75) is 32.3 Å². The minimum absolute atomic E-state index is 0.332. The topological polar surface area (TPSA) is 32.7 Å². The standard InChI is InChI=1S/C16H25NO2/c1-3-16(18)14-4-6-15(7-5-14)17-10-8-13(9-11-17)12-19-2/h4-7,13,16,18H,3,8-12H2,1-2H3/t16-/m0/s1. The van der Waals surface area contributed by atoms with Crippen LogP contribution in [0.5, 0.6) is 0 Å². The summed E-state index contributed by atoms with van der Waals surface area (Å²) in [5.41, 5.74) is 2.28. The molecule has 0 amide bonds. The van der Waals surface area contributed by atoms with Crippen molar-refractivity contribution in [1.29, 1.82) is 0 Å². The first kappa shape index (κ1) is 14.4. The molecule has 1 aliphatic heterocycles. The molecule has 1 saturated heterocycles. The molecule has 0 bridgehead atoms. The highest BCUT2D eigenvalue weighted by Crippen LogP contribution is 2.25. The smallest absolute Gasteiger partial charge is 0.0787 e. The third-order valence-corrected chi connectivity index (χ3v) is 4.05. The fourth-order valence-corrected chi connectivity index (χ4v) is 2.74. The molecule has 0 unspecified atom stereocenters. The summed E-state index contributed by atoms with van der Waals surface area (Å²) in [6, 6.07) is 8.35. The second-order valence-electron chi connectivity index (χ2n) is 5.40. The number of rotatable bonds is 5. The molecule has 1 aromatic rings. The highest BCUT2D eigenvalue weighted by atomic mass is 16.5. The van der Waals surface area contributed by atoms with Gasteiger partial charge in [-0.1, -0.05) is 19.1 Å². The van der Waals surface area contributed by atoms with Crippen LogP contribution >= 0.6 is 0 Å². The van der Waals surface area contributed by atoms with Crippen LogP contribution in [-0.2, 0) is 4.74 Å². The summed E-state index contributed by atoms with van der Waals surface area (Å²) in [5, 5.41) is 9.80. The van der Waals surface area contributed by atoms with Gasteiger partial charge in [-0.15, -0.1) is 0 Å². The van der Waals surface area contributed by atoms with E-state index in [1.54, 1.807) is 7.11 Å². The Morgan fingerprint density at radius 2 is 1.89 bits per heavy atom. The molecule has 3 nitrogen and oxygen atoms in total. The van der Waals surface area contributed by atoms with Gasteiger partial charge in [0.1, 0.15) is 0 Å². The van der Waals surface area contributed by atoms with E-state index in [0.29, 0.717) is 5.92 Å². The lowest BCUT2D eigenvalue weighted by Crippen LogP contribution is -2.34. The SMILES string of the molecule is CC[C@H](O)c1ccc(N2CCC(COC)CC2)cc1. The van der Waals surface area contributed by atoms with Crippen LogP contribution in [0.3, 0.4) is 0 Å². The number of ether oxygens (including phenoxy) is 1. The van der Waals surface area contributed by atoms with Crippen molar-refractivity contribution in [1.82, 2.24) is 0 Å². The lowest BCUT2D eigenvalue weighted by molar-refractivity contribution is 0.139. The number of aliphatic hydroxyl groups is 1. The Morgan fingerprint density at radius 3 is 2.42 bits per heavy atom. The number of hydrogen-bond acceptors (Lipinski definition) is 3. The molecule has 0 aromatic heterocycles. The average molecular weight is 263 g/mol. The van der Waals surface area contributed by atoms with E-state index in [1.165, 1.54) is 18.5 Å². The molecule has 1 fully saturated rings. The first-order valence-electron chi connectivity index (χ1n) is 7.26. The fourth-order valence-electron chi connectivity index (χ4n) is 2.74. The van der Waals surface area contributed by atoms with Gasteiger partial charge in [-0.25, -0.2) is 0 Å². The van der Waals surface area contributed by atoms with Crippen LogP contribution < -0.4 is 4.90 Å². The Labute approximate surface area is 116 Å². The molecule has 106 valence electrons. The van der Waals surface area contributed by atoms with E-state index in [0.717, 1.165) is 31.7 Å². The van der Waals surface area contributed by atoms with Crippen LogP contribution in [0.4, 0.5) is 5.69 Å². The zero-order valence-electron chi connectivity index (χ0n) is 12.0. The highest BCUT2D eigenvalue weighted by Gasteiger charge is 2.19. The molecule has 0 radical (unpaired) electrons. The van der Waals surface area contributed by atoms with Gasteiger partial charge in [0.25, 0.3) is 0 Å². The van der Waals surface area contributed by atoms with Crippen molar-refractivity contribution in [2.75, 3.05) is 31.7 Å². The van der Waals surface area contributed by atoms with E-state index in [1.807, 2.05) is 19.1 Å². The van der Waals surface area contributed by atoms with E-state index < -0.39 is 0 Å².